The minimum atomic E-state index is -4.71. The number of hydrogen-bond acceptors (Lipinski definition) is 2. The topological polar surface area (TPSA) is 30.2 Å². The fourth-order valence-electron chi connectivity index (χ4n) is 3.13. The van der Waals surface area contributed by atoms with Crippen molar-refractivity contribution < 1.29 is 30.8 Å². The quantitative estimate of drug-likeness (QED) is 0.208. The normalized spacial score (nSPS) is 13.0. The van der Waals surface area contributed by atoms with E-state index in [9.17, 15) is 31.1 Å². The van der Waals surface area contributed by atoms with Crippen molar-refractivity contribution >= 4 is 32.7 Å². The molecule has 0 aliphatic rings. The highest BCUT2D eigenvalue weighted by Gasteiger charge is 2.34. The lowest BCUT2D eigenvalue weighted by Crippen LogP contribution is -2.10. The van der Waals surface area contributed by atoms with E-state index in [1.54, 1.807) is 0 Å². The second kappa shape index (κ2) is 5.48. The van der Waals surface area contributed by atoms with E-state index in [2.05, 4.69) is 0 Å². The van der Waals surface area contributed by atoms with E-state index in [4.69, 9.17) is 4.42 Å². The van der Waals surface area contributed by atoms with Gasteiger partial charge in [-0.25, -0.2) is 0 Å². The number of rotatable bonds is 0. The van der Waals surface area contributed by atoms with Gasteiger partial charge in [0, 0.05) is 5.39 Å². The van der Waals surface area contributed by atoms with Crippen molar-refractivity contribution in [1.82, 2.24) is 0 Å². The van der Waals surface area contributed by atoms with Gasteiger partial charge in [-0.1, -0.05) is 18.2 Å². The summed E-state index contributed by atoms with van der Waals surface area (Å²) in [5.41, 5.74) is -3.40. The highest BCUT2D eigenvalue weighted by Crippen LogP contribution is 2.38. The zero-order valence-corrected chi connectivity index (χ0v) is 13.2. The predicted octanol–water partition coefficient (Wildman–Crippen LogP) is 6.14. The van der Waals surface area contributed by atoms with E-state index >= 15 is 0 Å². The molecule has 0 spiro atoms. The van der Waals surface area contributed by atoms with Gasteiger partial charge < -0.3 is 4.42 Å². The maximum Gasteiger partial charge on any atom is 0.417 e. The third-order valence-corrected chi connectivity index (χ3v) is 4.31. The van der Waals surface area contributed by atoms with E-state index < -0.39 is 28.9 Å². The lowest BCUT2D eigenvalue weighted by Gasteiger charge is -2.13. The van der Waals surface area contributed by atoms with Gasteiger partial charge in [-0.3, -0.25) is 4.79 Å². The Hall–Kier alpha value is -3.03. The molecular weight excluding hydrogens is 374 g/mol. The van der Waals surface area contributed by atoms with Crippen LogP contribution in [0.4, 0.5) is 26.3 Å². The Morgan fingerprint density at radius 1 is 0.741 bits per heavy atom. The molecule has 0 aliphatic heterocycles. The lowest BCUT2D eigenvalue weighted by molar-refractivity contribution is -0.138. The second-order valence-corrected chi connectivity index (χ2v) is 5.98. The van der Waals surface area contributed by atoms with Crippen molar-refractivity contribution in [2.45, 2.75) is 12.4 Å². The van der Waals surface area contributed by atoms with Gasteiger partial charge in [0.1, 0.15) is 11.2 Å². The number of benzene rings is 3. The van der Waals surface area contributed by atoms with Crippen LogP contribution in [0.1, 0.15) is 11.1 Å². The Morgan fingerprint density at radius 2 is 1.48 bits per heavy atom. The summed E-state index contributed by atoms with van der Waals surface area (Å²) in [6.45, 7) is 0. The Labute approximate surface area is 146 Å². The summed E-state index contributed by atoms with van der Waals surface area (Å²) in [6.07, 6.45) is -9.36. The molecular formula is C19H8F6O2. The third kappa shape index (κ3) is 2.72. The molecule has 2 nitrogen and oxygen atoms in total. The number of halogens is 6. The largest absolute Gasteiger partial charge is 0.456 e. The molecule has 138 valence electrons. The van der Waals surface area contributed by atoms with Crippen LogP contribution in [0.15, 0.2) is 57.7 Å². The minimum Gasteiger partial charge on any atom is -0.456 e. The first kappa shape index (κ1) is 17.4. The molecule has 3 aromatic carbocycles. The van der Waals surface area contributed by atoms with Crippen LogP contribution in [0.2, 0.25) is 0 Å². The van der Waals surface area contributed by atoms with E-state index in [1.165, 1.54) is 24.3 Å². The Morgan fingerprint density at radius 3 is 2.15 bits per heavy atom. The molecule has 8 heteroatoms. The molecule has 1 heterocycles. The molecule has 4 rings (SSSR count). The smallest absolute Gasteiger partial charge is 0.417 e. The monoisotopic (exact) mass is 382 g/mol. The number of hydrogen-bond donors (Lipinski definition) is 0. The molecule has 1 aromatic heterocycles. The Bertz CT molecular complexity index is 1270. The maximum absolute atomic E-state index is 13.4. The van der Waals surface area contributed by atoms with Crippen molar-refractivity contribution in [1.29, 1.82) is 0 Å². The molecule has 27 heavy (non-hydrogen) atoms. The van der Waals surface area contributed by atoms with Gasteiger partial charge in [-0.15, -0.1) is 0 Å². The van der Waals surface area contributed by atoms with Crippen LogP contribution in [0, 0.1) is 0 Å². The molecule has 0 saturated heterocycles. The zero-order chi connectivity index (χ0) is 19.6. The van der Waals surface area contributed by atoms with Crippen LogP contribution in [-0.4, -0.2) is 0 Å². The molecule has 0 fully saturated rings. The van der Waals surface area contributed by atoms with Gasteiger partial charge in [-0.05, 0) is 35.7 Å². The average Bonchev–Trinajstić information content (AvgIpc) is 2.59. The van der Waals surface area contributed by atoms with Crippen molar-refractivity contribution in [2.75, 3.05) is 0 Å². The van der Waals surface area contributed by atoms with Crippen LogP contribution in [0.25, 0.3) is 32.7 Å². The Balaban J connectivity index is 2.19. The summed E-state index contributed by atoms with van der Waals surface area (Å²) in [4.78, 5) is 12.8. The van der Waals surface area contributed by atoms with Crippen LogP contribution in [0.3, 0.4) is 0 Å². The molecule has 0 bridgehead atoms. The van der Waals surface area contributed by atoms with Gasteiger partial charge >= 0.3 is 12.4 Å². The van der Waals surface area contributed by atoms with E-state index in [1.807, 2.05) is 0 Å². The van der Waals surface area contributed by atoms with Gasteiger partial charge in [0.2, 0.25) is 5.43 Å². The Kier molecular flexibility index (Phi) is 3.53. The molecule has 0 aliphatic carbocycles. The van der Waals surface area contributed by atoms with Gasteiger partial charge in [-0.2, -0.15) is 26.3 Å². The standard InChI is InChI=1S/C19H8F6O2/c20-18(21,22)10-5-6-11-14(8-10)27-13-7-4-9-2-1-3-12(19(23,24)25)15(9)16(13)17(11)26/h1-8H. The van der Waals surface area contributed by atoms with E-state index in [0.29, 0.717) is 12.1 Å². The average molecular weight is 382 g/mol. The van der Waals surface area contributed by atoms with E-state index in [-0.39, 0.29) is 32.7 Å². The molecule has 0 unspecified atom stereocenters. The van der Waals surface area contributed by atoms with Crippen molar-refractivity contribution in [3.63, 3.8) is 0 Å². The highest BCUT2D eigenvalue weighted by molar-refractivity contribution is 6.10. The van der Waals surface area contributed by atoms with Crippen LogP contribution >= 0.6 is 0 Å². The minimum absolute atomic E-state index is 0.177. The first-order valence-corrected chi connectivity index (χ1v) is 7.64. The molecule has 0 N–H and O–H groups in total. The summed E-state index contributed by atoms with van der Waals surface area (Å²) >= 11 is 0. The van der Waals surface area contributed by atoms with Crippen molar-refractivity contribution in [3.05, 3.63) is 69.9 Å². The SMILES string of the molecule is O=c1c2ccc(C(F)(F)F)cc2oc2ccc3cccc(C(F)(F)F)c3c12. The molecule has 0 saturated carbocycles. The summed E-state index contributed by atoms with van der Waals surface area (Å²) < 4.78 is 84.3. The van der Waals surface area contributed by atoms with Crippen LogP contribution in [0.5, 0.6) is 0 Å². The molecule has 4 aromatic rings. The van der Waals surface area contributed by atoms with Crippen LogP contribution in [-0.2, 0) is 12.4 Å². The summed E-state index contributed by atoms with van der Waals surface area (Å²) in [5.74, 6) is 0. The zero-order valence-electron chi connectivity index (χ0n) is 13.2. The van der Waals surface area contributed by atoms with E-state index in [0.717, 1.165) is 12.1 Å². The third-order valence-electron chi connectivity index (χ3n) is 4.31. The van der Waals surface area contributed by atoms with Gasteiger partial charge in [0.15, 0.2) is 0 Å². The first-order valence-electron chi connectivity index (χ1n) is 7.64. The fourth-order valence-corrected chi connectivity index (χ4v) is 3.13. The number of alkyl halides is 6. The molecule has 0 atom stereocenters. The summed E-state index contributed by atoms with van der Waals surface area (Å²) in [5, 5.41) is -0.693. The fraction of sp³-hybridized carbons (Fsp3) is 0.105. The molecule has 0 amide bonds. The summed E-state index contributed by atoms with van der Waals surface area (Å²) in [6, 6.07) is 8.36. The second-order valence-electron chi connectivity index (χ2n) is 5.98. The highest BCUT2D eigenvalue weighted by atomic mass is 19.4. The van der Waals surface area contributed by atoms with Gasteiger partial charge in [0.25, 0.3) is 0 Å². The van der Waals surface area contributed by atoms with Crippen LogP contribution < -0.4 is 5.43 Å². The first-order chi connectivity index (χ1) is 12.6. The predicted molar refractivity (Wildman–Crippen MR) is 87.5 cm³/mol. The van der Waals surface area contributed by atoms with Gasteiger partial charge in [0.05, 0.1) is 21.9 Å². The molecule has 0 radical (unpaired) electrons. The van der Waals surface area contributed by atoms with Crippen molar-refractivity contribution in [2.24, 2.45) is 0 Å². The van der Waals surface area contributed by atoms with Crippen molar-refractivity contribution in [3.8, 4) is 0 Å². The number of fused-ring (bicyclic) bond motifs is 4. The summed E-state index contributed by atoms with van der Waals surface area (Å²) in [7, 11) is 0. The maximum atomic E-state index is 13.4. The lowest BCUT2D eigenvalue weighted by atomic mass is 9.98.